The van der Waals surface area contributed by atoms with Crippen LogP contribution in [0.15, 0.2) is 0 Å². The highest BCUT2D eigenvalue weighted by Crippen LogP contribution is 2.40. The highest BCUT2D eigenvalue weighted by atomic mass is 16.4. The van der Waals surface area contributed by atoms with Crippen LogP contribution in [-0.4, -0.2) is 40.6 Å². The van der Waals surface area contributed by atoms with Gasteiger partial charge in [-0.2, -0.15) is 0 Å². The molecule has 0 spiro atoms. The summed E-state index contributed by atoms with van der Waals surface area (Å²) in [6.45, 7) is 5.94. The van der Waals surface area contributed by atoms with Crippen LogP contribution in [0.5, 0.6) is 0 Å². The van der Waals surface area contributed by atoms with Crippen LogP contribution in [0.1, 0.15) is 39.5 Å². The van der Waals surface area contributed by atoms with Crippen molar-refractivity contribution in [3.63, 3.8) is 0 Å². The molecule has 0 bridgehead atoms. The van der Waals surface area contributed by atoms with Crippen LogP contribution < -0.4 is 5.73 Å². The largest absolute Gasteiger partial charge is 0.480 e. The fourth-order valence-electron chi connectivity index (χ4n) is 3.11. The van der Waals surface area contributed by atoms with Gasteiger partial charge in [0.2, 0.25) is 0 Å². The van der Waals surface area contributed by atoms with Gasteiger partial charge in [-0.15, -0.1) is 0 Å². The molecule has 2 aliphatic rings. The number of nitrogens with two attached hydrogens (primary N) is 1. The van der Waals surface area contributed by atoms with Gasteiger partial charge in [0.05, 0.1) is 0 Å². The predicted molar refractivity (Wildman–Crippen MR) is 66.7 cm³/mol. The Morgan fingerprint density at radius 3 is 2.59 bits per heavy atom. The van der Waals surface area contributed by atoms with Crippen molar-refractivity contribution >= 4 is 5.97 Å². The van der Waals surface area contributed by atoms with E-state index in [2.05, 4.69) is 18.7 Å². The summed E-state index contributed by atoms with van der Waals surface area (Å²) in [6.07, 6.45) is 4.30. The first-order valence-electron chi connectivity index (χ1n) is 6.71. The third-order valence-electron chi connectivity index (χ3n) is 4.35. The van der Waals surface area contributed by atoms with Gasteiger partial charge in [-0.25, -0.2) is 0 Å². The first kappa shape index (κ1) is 12.8. The van der Waals surface area contributed by atoms with E-state index >= 15 is 0 Å². The minimum Gasteiger partial charge on any atom is -0.480 e. The SMILES string of the molecule is CC(C)C1CCCN1CC(N)(C(=O)O)C1CC1. The molecule has 2 fully saturated rings. The Morgan fingerprint density at radius 1 is 1.47 bits per heavy atom. The van der Waals surface area contributed by atoms with E-state index in [-0.39, 0.29) is 5.92 Å². The Morgan fingerprint density at radius 2 is 2.12 bits per heavy atom. The molecule has 0 aromatic carbocycles. The Bertz CT molecular complexity index is 302. The molecule has 0 aromatic rings. The summed E-state index contributed by atoms with van der Waals surface area (Å²) in [7, 11) is 0. The zero-order valence-corrected chi connectivity index (χ0v) is 10.9. The van der Waals surface area contributed by atoms with Gasteiger partial charge in [0.1, 0.15) is 5.54 Å². The average Bonchev–Trinajstić information content (AvgIpc) is 2.99. The van der Waals surface area contributed by atoms with E-state index < -0.39 is 11.5 Å². The third kappa shape index (κ3) is 2.47. The standard InChI is InChI=1S/C13H24N2O2/c1-9(2)11-4-3-7-15(11)8-13(14,12(16)17)10-5-6-10/h9-11H,3-8,14H2,1-2H3,(H,16,17). The van der Waals surface area contributed by atoms with E-state index in [1.165, 1.54) is 12.8 Å². The lowest BCUT2D eigenvalue weighted by Gasteiger charge is -2.35. The van der Waals surface area contributed by atoms with E-state index in [9.17, 15) is 9.90 Å². The number of rotatable bonds is 5. The summed E-state index contributed by atoms with van der Waals surface area (Å²) in [6, 6.07) is 0.510. The zero-order chi connectivity index (χ0) is 12.6. The van der Waals surface area contributed by atoms with Crippen LogP contribution in [0, 0.1) is 11.8 Å². The van der Waals surface area contributed by atoms with Gasteiger partial charge < -0.3 is 10.8 Å². The maximum atomic E-state index is 11.4. The molecular weight excluding hydrogens is 216 g/mol. The number of likely N-dealkylation sites (tertiary alicyclic amines) is 1. The molecule has 4 heteroatoms. The van der Waals surface area contributed by atoms with Gasteiger partial charge in [-0.1, -0.05) is 13.8 Å². The predicted octanol–water partition coefficient (Wildman–Crippen LogP) is 1.30. The molecule has 3 N–H and O–H groups in total. The number of hydrogen-bond donors (Lipinski definition) is 2. The highest BCUT2D eigenvalue weighted by Gasteiger charge is 2.50. The number of hydrogen-bond acceptors (Lipinski definition) is 3. The summed E-state index contributed by atoms with van der Waals surface area (Å²) in [5.74, 6) is -0.0578. The van der Waals surface area contributed by atoms with E-state index in [1.54, 1.807) is 0 Å². The van der Waals surface area contributed by atoms with Gasteiger partial charge in [0.25, 0.3) is 0 Å². The van der Waals surface area contributed by atoms with Gasteiger partial charge in [0.15, 0.2) is 0 Å². The molecule has 4 nitrogen and oxygen atoms in total. The number of carboxylic acid groups (broad SMARTS) is 1. The molecule has 1 saturated carbocycles. The maximum absolute atomic E-state index is 11.4. The van der Waals surface area contributed by atoms with Gasteiger partial charge in [-0.3, -0.25) is 9.69 Å². The van der Waals surface area contributed by atoms with Crippen molar-refractivity contribution in [1.82, 2.24) is 4.90 Å². The molecule has 98 valence electrons. The van der Waals surface area contributed by atoms with Crippen LogP contribution in [0.3, 0.4) is 0 Å². The van der Waals surface area contributed by atoms with Crippen LogP contribution in [0.4, 0.5) is 0 Å². The normalized spacial score (nSPS) is 29.5. The van der Waals surface area contributed by atoms with Crippen molar-refractivity contribution < 1.29 is 9.90 Å². The van der Waals surface area contributed by atoms with Crippen LogP contribution >= 0.6 is 0 Å². The molecule has 1 aliphatic heterocycles. The number of nitrogens with zero attached hydrogens (tertiary/aromatic N) is 1. The Hall–Kier alpha value is -0.610. The minimum absolute atomic E-state index is 0.188. The van der Waals surface area contributed by atoms with Crippen LogP contribution in [-0.2, 0) is 4.79 Å². The topological polar surface area (TPSA) is 66.6 Å². The molecule has 0 aromatic heterocycles. The van der Waals surface area contributed by atoms with E-state index in [0.29, 0.717) is 18.5 Å². The van der Waals surface area contributed by atoms with Gasteiger partial charge in [0, 0.05) is 12.6 Å². The lowest BCUT2D eigenvalue weighted by Crippen LogP contribution is -2.59. The molecular formula is C13H24N2O2. The lowest BCUT2D eigenvalue weighted by molar-refractivity contribution is -0.145. The molecule has 2 rings (SSSR count). The fraction of sp³-hybridized carbons (Fsp3) is 0.923. The minimum atomic E-state index is -1.02. The number of carbonyl (C=O) groups is 1. The monoisotopic (exact) mass is 240 g/mol. The second-order valence-corrected chi connectivity index (χ2v) is 6.04. The van der Waals surface area contributed by atoms with Crippen molar-refractivity contribution in [2.45, 2.75) is 51.1 Å². The van der Waals surface area contributed by atoms with E-state index in [0.717, 1.165) is 19.4 Å². The van der Waals surface area contributed by atoms with Gasteiger partial charge >= 0.3 is 5.97 Å². The second kappa shape index (κ2) is 4.58. The summed E-state index contributed by atoms with van der Waals surface area (Å²) >= 11 is 0. The van der Waals surface area contributed by atoms with Crippen molar-refractivity contribution in [3.05, 3.63) is 0 Å². The Balaban J connectivity index is 2.05. The molecule has 0 amide bonds. The maximum Gasteiger partial charge on any atom is 0.325 e. The van der Waals surface area contributed by atoms with Gasteiger partial charge in [-0.05, 0) is 44.1 Å². The van der Waals surface area contributed by atoms with Crippen LogP contribution in [0.2, 0.25) is 0 Å². The quantitative estimate of drug-likeness (QED) is 0.760. The first-order chi connectivity index (χ1) is 7.95. The Labute approximate surface area is 103 Å². The number of carboxylic acids is 1. The fourth-order valence-corrected chi connectivity index (χ4v) is 3.11. The number of aliphatic carboxylic acids is 1. The highest BCUT2D eigenvalue weighted by molar-refractivity contribution is 5.79. The lowest BCUT2D eigenvalue weighted by atomic mass is 9.92. The summed E-state index contributed by atoms with van der Waals surface area (Å²) in [4.78, 5) is 13.7. The zero-order valence-electron chi connectivity index (χ0n) is 10.9. The molecule has 0 radical (unpaired) electrons. The molecule has 2 atom stereocenters. The Kier molecular flexibility index (Phi) is 3.46. The van der Waals surface area contributed by atoms with Crippen molar-refractivity contribution in [3.8, 4) is 0 Å². The van der Waals surface area contributed by atoms with Crippen molar-refractivity contribution in [2.24, 2.45) is 17.6 Å². The average molecular weight is 240 g/mol. The summed E-state index contributed by atoms with van der Waals surface area (Å²) < 4.78 is 0. The summed E-state index contributed by atoms with van der Waals surface area (Å²) in [5, 5.41) is 9.38. The first-order valence-corrected chi connectivity index (χ1v) is 6.71. The van der Waals surface area contributed by atoms with E-state index in [1.807, 2.05) is 0 Å². The van der Waals surface area contributed by atoms with Crippen molar-refractivity contribution in [1.29, 1.82) is 0 Å². The van der Waals surface area contributed by atoms with Crippen molar-refractivity contribution in [2.75, 3.05) is 13.1 Å². The van der Waals surface area contributed by atoms with E-state index in [4.69, 9.17) is 5.73 Å². The summed E-state index contributed by atoms with van der Waals surface area (Å²) in [5.41, 5.74) is 5.13. The smallest absolute Gasteiger partial charge is 0.325 e. The molecule has 1 aliphatic carbocycles. The third-order valence-corrected chi connectivity index (χ3v) is 4.35. The molecule has 1 heterocycles. The van der Waals surface area contributed by atoms with Crippen LogP contribution in [0.25, 0.3) is 0 Å². The molecule has 1 saturated heterocycles. The molecule has 17 heavy (non-hydrogen) atoms. The molecule has 2 unspecified atom stereocenters. The second-order valence-electron chi connectivity index (χ2n) is 6.04.